The molecule has 1 saturated carbocycles. The highest BCUT2D eigenvalue weighted by molar-refractivity contribution is 5.60. The van der Waals surface area contributed by atoms with E-state index in [0.29, 0.717) is 11.9 Å². The Balaban J connectivity index is 2.06. The van der Waals surface area contributed by atoms with Gasteiger partial charge in [0.2, 0.25) is 5.95 Å². The molecule has 0 spiro atoms. The molecule has 0 unspecified atom stereocenters. The second-order valence-corrected chi connectivity index (χ2v) is 4.05. The summed E-state index contributed by atoms with van der Waals surface area (Å²) in [5.41, 5.74) is 8.71. The van der Waals surface area contributed by atoms with Gasteiger partial charge in [0.15, 0.2) is 0 Å². The number of hydrogen-bond donors (Lipinski definition) is 1. The van der Waals surface area contributed by atoms with Crippen LogP contribution < -0.4 is 5.73 Å². The summed E-state index contributed by atoms with van der Waals surface area (Å²) in [6.07, 6.45) is 5.94. The van der Waals surface area contributed by atoms with Crippen LogP contribution in [0.4, 0.5) is 5.95 Å². The molecular weight excluding hydrogens is 200 g/mol. The van der Waals surface area contributed by atoms with Crippen LogP contribution in [0.3, 0.4) is 0 Å². The highest BCUT2D eigenvalue weighted by Crippen LogP contribution is 2.39. The van der Waals surface area contributed by atoms with Crippen LogP contribution in [0.15, 0.2) is 30.6 Å². The highest BCUT2D eigenvalue weighted by Gasteiger charge is 2.25. The molecular formula is C12H12N4. The highest BCUT2D eigenvalue weighted by atomic mass is 15.0. The van der Waals surface area contributed by atoms with Gasteiger partial charge in [-0.25, -0.2) is 9.97 Å². The summed E-state index contributed by atoms with van der Waals surface area (Å²) in [6.45, 7) is 0. The molecule has 0 aromatic carbocycles. The van der Waals surface area contributed by atoms with E-state index < -0.39 is 0 Å². The van der Waals surface area contributed by atoms with Crippen LogP contribution in [0.2, 0.25) is 0 Å². The van der Waals surface area contributed by atoms with Crippen molar-refractivity contribution < 1.29 is 0 Å². The Hall–Kier alpha value is -1.97. The largest absolute Gasteiger partial charge is 0.368 e. The normalized spacial score (nSPS) is 15.0. The quantitative estimate of drug-likeness (QED) is 0.826. The van der Waals surface area contributed by atoms with E-state index in [4.69, 9.17) is 5.73 Å². The van der Waals surface area contributed by atoms with E-state index in [1.165, 1.54) is 12.8 Å². The van der Waals surface area contributed by atoms with Crippen LogP contribution in [-0.2, 0) is 0 Å². The Bertz CT molecular complexity index is 506. The van der Waals surface area contributed by atoms with Crippen LogP contribution in [0.25, 0.3) is 11.3 Å². The fourth-order valence-corrected chi connectivity index (χ4v) is 1.74. The molecule has 4 heteroatoms. The summed E-state index contributed by atoms with van der Waals surface area (Å²) in [5, 5.41) is 0. The average Bonchev–Trinajstić information content (AvgIpc) is 3.13. The number of aromatic nitrogens is 3. The van der Waals surface area contributed by atoms with Crippen molar-refractivity contribution in [2.75, 3.05) is 5.73 Å². The lowest BCUT2D eigenvalue weighted by atomic mass is 10.1. The minimum absolute atomic E-state index is 0.358. The fraction of sp³-hybridized carbons (Fsp3) is 0.250. The maximum atomic E-state index is 5.72. The third kappa shape index (κ3) is 1.74. The minimum atomic E-state index is 0.358. The Labute approximate surface area is 93.6 Å². The van der Waals surface area contributed by atoms with Gasteiger partial charge in [0.05, 0.1) is 5.69 Å². The van der Waals surface area contributed by atoms with Crippen molar-refractivity contribution in [1.29, 1.82) is 0 Å². The van der Waals surface area contributed by atoms with Crippen molar-refractivity contribution in [3.8, 4) is 11.3 Å². The monoisotopic (exact) mass is 212 g/mol. The van der Waals surface area contributed by atoms with E-state index in [1.807, 2.05) is 18.2 Å². The summed E-state index contributed by atoms with van der Waals surface area (Å²) in [6, 6.07) is 5.89. The van der Waals surface area contributed by atoms with E-state index in [0.717, 1.165) is 17.0 Å². The maximum absolute atomic E-state index is 5.72. The second kappa shape index (κ2) is 3.56. The molecule has 0 amide bonds. The Kier molecular flexibility index (Phi) is 2.06. The van der Waals surface area contributed by atoms with Gasteiger partial charge in [-0.1, -0.05) is 0 Å². The van der Waals surface area contributed by atoms with Gasteiger partial charge < -0.3 is 5.73 Å². The lowest BCUT2D eigenvalue weighted by Gasteiger charge is -2.04. The molecule has 80 valence electrons. The van der Waals surface area contributed by atoms with Gasteiger partial charge in [0.1, 0.15) is 0 Å². The molecule has 0 bridgehead atoms. The van der Waals surface area contributed by atoms with Gasteiger partial charge in [-0.3, -0.25) is 4.98 Å². The SMILES string of the molecule is Nc1nc(-c2ccncc2)cc(C2CC2)n1. The molecule has 2 N–H and O–H groups in total. The van der Waals surface area contributed by atoms with Crippen LogP contribution >= 0.6 is 0 Å². The summed E-state index contributed by atoms with van der Waals surface area (Å²) in [5.74, 6) is 0.946. The Morgan fingerprint density at radius 3 is 2.56 bits per heavy atom. The molecule has 1 aliphatic rings. The number of nitrogens with two attached hydrogens (primary N) is 1. The van der Waals surface area contributed by atoms with Gasteiger partial charge in [-0.15, -0.1) is 0 Å². The van der Waals surface area contributed by atoms with E-state index in [2.05, 4.69) is 15.0 Å². The number of rotatable bonds is 2. The molecule has 2 aromatic rings. The molecule has 4 nitrogen and oxygen atoms in total. The first kappa shape index (κ1) is 9.27. The maximum Gasteiger partial charge on any atom is 0.220 e. The van der Waals surface area contributed by atoms with Crippen LogP contribution in [-0.4, -0.2) is 15.0 Å². The van der Waals surface area contributed by atoms with Gasteiger partial charge in [0.25, 0.3) is 0 Å². The molecule has 0 atom stereocenters. The van der Waals surface area contributed by atoms with Crippen molar-refractivity contribution in [3.63, 3.8) is 0 Å². The predicted molar refractivity (Wildman–Crippen MR) is 61.7 cm³/mol. The summed E-state index contributed by atoms with van der Waals surface area (Å²) >= 11 is 0. The average molecular weight is 212 g/mol. The Morgan fingerprint density at radius 1 is 1.12 bits per heavy atom. The zero-order valence-electron chi connectivity index (χ0n) is 8.80. The van der Waals surface area contributed by atoms with Gasteiger partial charge in [-0.2, -0.15) is 0 Å². The zero-order valence-corrected chi connectivity index (χ0v) is 8.80. The first-order valence-corrected chi connectivity index (χ1v) is 5.38. The van der Waals surface area contributed by atoms with Crippen LogP contribution in [0.5, 0.6) is 0 Å². The van der Waals surface area contributed by atoms with Crippen LogP contribution in [0, 0.1) is 0 Å². The Morgan fingerprint density at radius 2 is 1.88 bits per heavy atom. The van der Waals surface area contributed by atoms with Crippen molar-refractivity contribution in [2.24, 2.45) is 0 Å². The standard InChI is InChI=1S/C12H12N4/c13-12-15-10(8-1-2-8)7-11(16-12)9-3-5-14-6-4-9/h3-8H,1-2H2,(H2,13,15,16). The number of anilines is 1. The lowest BCUT2D eigenvalue weighted by Crippen LogP contribution is -2.00. The van der Waals surface area contributed by atoms with Gasteiger partial charge >= 0.3 is 0 Å². The van der Waals surface area contributed by atoms with Crippen molar-refractivity contribution >= 4 is 5.95 Å². The first-order valence-electron chi connectivity index (χ1n) is 5.38. The molecule has 16 heavy (non-hydrogen) atoms. The summed E-state index contributed by atoms with van der Waals surface area (Å²) < 4.78 is 0. The zero-order chi connectivity index (χ0) is 11.0. The van der Waals surface area contributed by atoms with E-state index >= 15 is 0 Å². The molecule has 0 saturated heterocycles. The predicted octanol–water partition coefficient (Wildman–Crippen LogP) is 2.00. The number of nitrogens with zero attached hydrogens (tertiary/aromatic N) is 3. The molecule has 1 fully saturated rings. The molecule has 0 radical (unpaired) electrons. The van der Waals surface area contributed by atoms with E-state index in [1.54, 1.807) is 12.4 Å². The lowest BCUT2D eigenvalue weighted by molar-refractivity contribution is 1.000. The number of hydrogen-bond acceptors (Lipinski definition) is 4. The van der Waals surface area contributed by atoms with Crippen LogP contribution in [0.1, 0.15) is 24.5 Å². The van der Waals surface area contributed by atoms with Crippen molar-refractivity contribution in [2.45, 2.75) is 18.8 Å². The molecule has 3 rings (SSSR count). The number of nitrogen functional groups attached to an aromatic ring is 1. The van der Waals surface area contributed by atoms with E-state index in [-0.39, 0.29) is 0 Å². The second-order valence-electron chi connectivity index (χ2n) is 4.05. The fourth-order valence-electron chi connectivity index (χ4n) is 1.74. The smallest absolute Gasteiger partial charge is 0.220 e. The van der Waals surface area contributed by atoms with Gasteiger partial charge in [0, 0.05) is 29.6 Å². The molecule has 0 aliphatic heterocycles. The van der Waals surface area contributed by atoms with Gasteiger partial charge in [-0.05, 0) is 31.0 Å². The molecule has 2 heterocycles. The third-order valence-corrected chi connectivity index (χ3v) is 2.73. The topological polar surface area (TPSA) is 64.7 Å². The first-order chi connectivity index (χ1) is 7.83. The minimum Gasteiger partial charge on any atom is -0.368 e. The van der Waals surface area contributed by atoms with Crippen molar-refractivity contribution in [3.05, 3.63) is 36.3 Å². The third-order valence-electron chi connectivity index (χ3n) is 2.73. The number of pyridine rings is 1. The molecule has 2 aromatic heterocycles. The van der Waals surface area contributed by atoms with E-state index in [9.17, 15) is 0 Å². The molecule has 1 aliphatic carbocycles. The summed E-state index contributed by atoms with van der Waals surface area (Å²) in [7, 11) is 0. The summed E-state index contributed by atoms with van der Waals surface area (Å²) in [4.78, 5) is 12.5. The van der Waals surface area contributed by atoms with Crippen molar-refractivity contribution in [1.82, 2.24) is 15.0 Å².